The Bertz CT molecular complexity index is 1430. The second-order valence-electron chi connectivity index (χ2n) is 8.07. The van der Waals surface area contributed by atoms with Gasteiger partial charge in [-0.2, -0.15) is 8.42 Å². The number of thiocarbonyl (C=S) groups is 1. The molecule has 0 aliphatic carbocycles. The first-order chi connectivity index (χ1) is 16.6. The van der Waals surface area contributed by atoms with Crippen molar-refractivity contribution in [2.75, 3.05) is 24.9 Å². The molecule has 1 aliphatic rings. The van der Waals surface area contributed by atoms with Crippen molar-refractivity contribution in [3.8, 4) is 5.75 Å². The predicted octanol–water partition coefficient (Wildman–Crippen LogP) is 2.79. The van der Waals surface area contributed by atoms with Gasteiger partial charge in [0.05, 0.1) is 16.9 Å². The van der Waals surface area contributed by atoms with Crippen LogP contribution in [0, 0.1) is 6.92 Å². The number of hydrogen-bond acceptors (Lipinski definition) is 8. The van der Waals surface area contributed by atoms with Crippen LogP contribution in [-0.2, 0) is 20.0 Å². The van der Waals surface area contributed by atoms with Gasteiger partial charge in [-0.1, -0.05) is 34.1 Å². The maximum atomic E-state index is 13.2. The van der Waals surface area contributed by atoms with E-state index >= 15 is 0 Å². The molecule has 1 aliphatic heterocycles. The van der Waals surface area contributed by atoms with E-state index in [1.807, 2.05) is 11.8 Å². The van der Waals surface area contributed by atoms with Crippen LogP contribution in [0.3, 0.4) is 0 Å². The molecular formula is C22H25N5O5S3. The van der Waals surface area contributed by atoms with Gasteiger partial charge in [0.15, 0.2) is 11.5 Å². The van der Waals surface area contributed by atoms with Gasteiger partial charge < -0.3 is 9.64 Å². The van der Waals surface area contributed by atoms with Crippen LogP contribution in [-0.4, -0.2) is 61.3 Å². The van der Waals surface area contributed by atoms with Crippen LogP contribution < -0.4 is 9.46 Å². The summed E-state index contributed by atoms with van der Waals surface area (Å²) in [6, 6.07) is 12.0. The molecule has 2 aromatic carbocycles. The van der Waals surface area contributed by atoms with E-state index in [1.54, 1.807) is 12.1 Å². The Morgan fingerprint density at radius 1 is 0.914 bits per heavy atom. The summed E-state index contributed by atoms with van der Waals surface area (Å²) in [6.45, 7) is 3.17. The van der Waals surface area contributed by atoms with Gasteiger partial charge in [0.2, 0.25) is 0 Å². The number of hydrogen-bond donors (Lipinski definition) is 1. The minimum absolute atomic E-state index is 0.0188. The number of benzene rings is 2. The third-order valence-corrected chi connectivity index (χ3v) is 8.84. The molecule has 186 valence electrons. The van der Waals surface area contributed by atoms with E-state index < -0.39 is 20.0 Å². The summed E-state index contributed by atoms with van der Waals surface area (Å²) in [5, 5.41) is 8.18. The fourth-order valence-electron chi connectivity index (χ4n) is 3.60. The molecule has 1 N–H and O–H groups in total. The average molecular weight is 536 g/mol. The summed E-state index contributed by atoms with van der Waals surface area (Å²) >= 11 is 5.60. The Kier molecular flexibility index (Phi) is 7.10. The zero-order chi connectivity index (χ0) is 25.2. The summed E-state index contributed by atoms with van der Waals surface area (Å²) < 4.78 is 60.6. The van der Waals surface area contributed by atoms with Crippen molar-refractivity contribution < 1.29 is 21.6 Å². The van der Waals surface area contributed by atoms with Crippen molar-refractivity contribution in [2.45, 2.75) is 36.0 Å². The van der Waals surface area contributed by atoms with Gasteiger partial charge in [0.25, 0.3) is 20.0 Å². The first-order valence-electron chi connectivity index (χ1n) is 10.9. The number of anilines is 1. The molecule has 0 amide bonds. The zero-order valence-electron chi connectivity index (χ0n) is 19.2. The van der Waals surface area contributed by atoms with E-state index in [4.69, 9.17) is 17.0 Å². The monoisotopic (exact) mass is 535 g/mol. The molecule has 4 rings (SSSR count). The molecule has 0 saturated carbocycles. The topological polar surface area (TPSA) is 123 Å². The standard InChI is InChI=1S/C22H25N5O5S3/c1-16-6-10-19(11-7-16)35(30,31)27-23-20(22(33)26-14-4-3-5-15-26)21(24-27)25-34(28,29)18-12-8-17(32-2)9-13-18/h6-13H,3-5,14-15H2,1-2H3,(H,24,25). The molecule has 0 atom stereocenters. The molecule has 1 saturated heterocycles. The number of piperidine rings is 1. The lowest BCUT2D eigenvalue weighted by atomic mass is 10.1. The van der Waals surface area contributed by atoms with E-state index in [0.29, 0.717) is 23.0 Å². The van der Waals surface area contributed by atoms with Gasteiger partial charge in [-0.25, -0.2) is 8.42 Å². The van der Waals surface area contributed by atoms with Gasteiger partial charge >= 0.3 is 0 Å². The Labute approximate surface area is 210 Å². The van der Waals surface area contributed by atoms with Gasteiger partial charge in [-0.3, -0.25) is 4.72 Å². The van der Waals surface area contributed by atoms with Crippen LogP contribution >= 0.6 is 12.2 Å². The Morgan fingerprint density at radius 2 is 1.51 bits per heavy atom. The molecule has 1 fully saturated rings. The Hall–Kier alpha value is -3.03. The number of aromatic nitrogens is 3. The number of aryl methyl sites for hydroxylation is 1. The average Bonchev–Trinajstić information content (AvgIpc) is 3.28. The lowest BCUT2D eigenvalue weighted by Gasteiger charge is -2.28. The lowest BCUT2D eigenvalue weighted by Crippen LogP contribution is -2.35. The van der Waals surface area contributed by atoms with Crippen molar-refractivity contribution >= 4 is 43.1 Å². The molecule has 0 radical (unpaired) electrons. The largest absolute Gasteiger partial charge is 0.497 e. The normalized spacial score (nSPS) is 14.5. The summed E-state index contributed by atoms with van der Waals surface area (Å²) in [5.41, 5.74) is 0.868. The zero-order valence-corrected chi connectivity index (χ0v) is 21.7. The number of methoxy groups -OCH3 is 1. The van der Waals surface area contributed by atoms with Crippen molar-refractivity contribution in [1.29, 1.82) is 0 Å². The quantitative estimate of drug-likeness (QED) is 0.455. The minimum Gasteiger partial charge on any atom is -0.497 e. The van der Waals surface area contributed by atoms with Crippen LogP contribution in [0.1, 0.15) is 30.5 Å². The molecule has 0 spiro atoms. The van der Waals surface area contributed by atoms with Crippen molar-refractivity contribution in [1.82, 2.24) is 19.3 Å². The van der Waals surface area contributed by atoms with E-state index in [9.17, 15) is 16.8 Å². The molecule has 0 unspecified atom stereocenters. The summed E-state index contributed by atoms with van der Waals surface area (Å²) in [5.74, 6) is 0.234. The fourth-order valence-corrected chi connectivity index (χ4v) is 5.97. The third kappa shape index (κ3) is 5.31. The Morgan fingerprint density at radius 3 is 2.11 bits per heavy atom. The van der Waals surface area contributed by atoms with Crippen LogP contribution in [0.5, 0.6) is 5.75 Å². The van der Waals surface area contributed by atoms with Gasteiger partial charge in [-0.05, 0) is 62.6 Å². The van der Waals surface area contributed by atoms with E-state index in [-0.39, 0.29) is 26.3 Å². The highest BCUT2D eigenvalue weighted by molar-refractivity contribution is 7.92. The molecule has 3 aromatic rings. The lowest BCUT2D eigenvalue weighted by molar-refractivity contribution is 0.347. The van der Waals surface area contributed by atoms with Crippen LogP contribution in [0.25, 0.3) is 0 Å². The predicted molar refractivity (Wildman–Crippen MR) is 135 cm³/mol. The number of rotatable bonds is 7. The maximum Gasteiger partial charge on any atom is 0.299 e. The first-order valence-corrected chi connectivity index (χ1v) is 14.2. The fraction of sp³-hybridized carbons (Fsp3) is 0.318. The number of ether oxygens (including phenoxy) is 1. The highest BCUT2D eigenvalue weighted by Gasteiger charge is 2.29. The second-order valence-corrected chi connectivity index (χ2v) is 11.9. The van der Waals surface area contributed by atoms with E-state index in [1.165, 1.54) is 43.5 Å². The molecule has 1 aromatic heterocycles. The van der Waals surface area contributed by atoms with Crippen molar-refractivity contribution in [3.05, 3.63) is 59.8 Å². The van der Waals surface area contributed by atoms with Crippen LogP contribution in [0.4, 0.5) is 5.82 Å². The van der Waals surface area contributed by atoms with Gasteiger partial charge in [-0.15, -0.1) is 10.2 Å². The molecule has 35 heavy (non-hydrogen) atoms. The van der Waals surface area contributed by atoms with Crippen LogP contribution in [0.15, 0.2) is 58.3 Å². The van der Waals surface area contributed by atoms with Crippen molar-refractivity contribution in [3.63, 3.8) is 0 Å². The molecule has 0 bridgehead atoms. The van der Waals surface area contributed by atoms with Gasteiger partial charge in [0.1, 0.15) is 10.7 Å². The molecular weight excluding hydrogens is 510 g/mol. The van der Waals surface area contributed by atoms with Crippen molar-refractivity contribution in [2.24, 2.45) is 0 Å². The number of likely N-dealkylation sites (tertiary alicyclic amines) is 1. The summed E-state index contributed by atoms with van der Waals surface area (Å²) in [6.07, 6.45) is 2.90. The highest BCUT2D eigenvalue weighted by Crippen LogP contribution is 2.24. The molecule has 2 heterocycles. The first kappa shape index (κ1) is 25.1. The highest BCUT2D eigenvalue weighted by atomic mass is 32.2. The van der Waals surface area contributed by atoms with Crippen LogP contribution in [0.2, 0.25) is 0 Å². The number of nitrogens with one attached hydrogen (secondary N) is 1. The second kappa shape index (κ2) is 9.91. The number of sulfonamides is 1. The minimum atomic E-state index is -4.19. The number of nitrogens with zero attached hydrogens (tertiary/aromatic N) is 4. The van der Waals surface area contributed by atoms with Gasteiger partial charge in [0, 0.05) is 13.1 Å². The molecule has 10 nitrogen and oxygen atoms in total. The maximum absolute atomic E-state index is 13.2. The Balaban J connectivity index is 1.76. The summed E-state index contributed by atoms with van der Waals surface area (Å²) in [7, 11) is -6.83. The third-order valence-electron chi connectivity index (χ3n) is 5.58. The summed E-state index contributed by atoms with van der Waals surface area (Å²) in [4.78, 5) is 2.04. The van der Waals surface area contributed by atoms with E-state index in [2.05, 4.69) is 14.9 Å². The SMILES string of the molecule is COc1ccc(S(=O)(=O)Nc2nn(S(=O)(=O)c3ccc(C)cc3)nc2C(=S)N2CCCCC2)cc1. The smallest absolute Gasteiger partial charge is 0.299 e. The molecule has 13 heteroatoms. The van der Waals surface area contributed by atoms with E-state index in [0.717, 1.165) is 24.8 Å².